The largest absolute Gasteiger partial charge is 0.324 e. The normalized spacial score (nSPS) is 19.6. The second kappa shape index (κ2) is 5.25. The highest BCUT2D eigenvalue weighted by Gasteiger charge is 2.24. The van der Waals surface area contributed by atoms with Crippen LogP contribution in [0.4, 0.5) is 11.5 Å². The van der Waals surface area contributed by atoms with Gasteiger partial charge in [-0.25, -0.2) is 4.98 Å². The second-order valence-corrected chi connectivity index (χ2v) is 5.62. The summed E-state index contributed by atoms with van der Waals surface area (Å²) in [5.74, 6) is 1.01. The number of aryl methyl sites for hydroxylation is 1. The lowest BCUT2D eigenvalue weighted by Crippen LogP contribution is -2.33. The summed E-state index contributed by atoms with van der Waals surface area (Å²) < 4.78 is 0. The number of benzene rings is 1. The lowest BCUT2D eigenvalue weighted by atomic mass is 9.96. The van der Waals surface area contributed by atoms with Crippen molar-refractivity contribution in [1.29, 1.82) is 0 Å². The third-order valence-corrected chi connectivity index (χ3v) is 4.07. The summed E-state index contributed by atoms with van der Waals surface area (Å²) in [5, 5.41) is 0. The monoisotopic (exact) mass is 267 g/mol. The number of aromatic nitrogens is 1. The zero-order valence-corrected chi connectivity index (χ0v) is 12.1. The molecule has 20 heavy (non-hydrogen) atoms. The van der Waals surface area contributed by atoms with Gasteiger partial charge < -0.3 is 10.6 Å². The van der Waals surface area contributed by atoms with Crippen LogP contribution < -0.4 is 10.6 Å². The number of nitrogens with two attached hydrogens (primary N) is 1. The Morgan fingerprint density at radius 1 is 1.25 bits per heavy atom. The average molecular weight is 267 g/mol. The fourth-order valence-corrected chi connectivity index (χ4v) is 2.85. The molecule has 0 bridgehead atoms. The van der Waals surface area contributed by atoms with Crippen molar-refractivity contribution < 1.29 is 0 Å². The molecule has 0 aliphatic carbocycles. The first-order valence-corrected chi connectivity index (χ1v) is 7.25. The number of nitrogens with zero attached hydrogens (tertiary/aromatic N) is 2. The van der Waals surface area contributed by atoms with Gasteiger partial charge in [0.15, 0.2) is 0 Å². The molecule has 104 valence electrons. The molecule has 2 aromatic rings. The van der Waals surface area contributed by atoms with Gasteiger partial charge in [0, 0.05) is 24.0 Å². The Labute approximate surface area is 120 Å². The Morgan fingerprint density at radius 2 is 2.05 bits per heavy atom. The number of fused-ring (bicyclic) bond motifs is 1. The fraction of sp³-hybridized carbons (Fsp3) is 0.353. The van der Waals surface area contributed by atoms with E-state index in [0.717, 1.165) is 24.2 Å². The number of rotatable bonds is 2. The number of hydrogen-bond acceptors (Lipinski definition) is 3. The van der Waals surface area contributed by atoms with Crippen molar-refractivity contribution in [2.75, 3.05) is 4.90 Å². The fourth-order valence-electron chi connectivity index (χ4n) is 2.85. The second-order valence-electron chi connectivity index (χ2n) is 5.62. The molecule has 1 aliphatic rings. The first-order chi connectivity index (χ1) is 9.66. The van der Waals surface area contributed by atoms with Gasteiger partial charge in [-0.15, -0.1) is 0 Å². The average Bonchev–Trinajstić information content (AvgIpc) is 2.47. The quantitative estimate of drug-likeness (QED) is 0.904. The molecular formula is C17H21N3. The maximum Gasteiger partial charge on any atom is 0.133 e. The van der Waals surface area contributed by atoms with Gasteiger partial charge in [0.05, 0.1) is 0 Å². The van der Waals surface area contributed by atoms with E-state index < -0.39 is 0 Å². The van der Waals surface area contributed by atoms with Gasteiger partial charge in [-0.1, -0.05) is 24.3 Å². The third-order valence-electron chi connectivity index (χ3n) is 4.07. The minimum atomic E-state index is 0.0302. The van der Waals surface area contributed by atoms with Gasteiger partial charge in [0.2, 0.25) is 0 Å². The van der Waals surface area contributed by atoms with Gasteiger partial charge in [0.25, 0.3) is 0 Å². The SMILES string of the molecule is CC1CCc2ccccc2N1c1ccc([C@@H](C)N)cn1. The van der Waals surface area contributed by atoms with Gasteiger partial charge in [-0.2, -0.15) is 0 Å². The third kappa shape index (κ3) is 2.29. The van der Waals surface area contributed by atoms with Crippen LogP contribution in [0.25, 0.3) is 0 Å². The molecule has 0 saturated heterocycles. The molecule has 0 amide bonds. The van der Waals surface area contributed by atoms with Crippen molar-refractivity contribution in [3.05, 3.63) is 53.7 Å². The molecule has 1 aliphatic heterocycles. The van der Waals surface area contributed by atoms with Crippen LogP contribution in [-0.4, -0.2) is 11.0 Å². The number of pyridine rings is 1. The van der Waals surface area contributed by atoms with Crippen LogP contribution in [0.2, 0.25) is 0 Å². The molecule has 0 spiro atoms. The lowest BCUT2D eigenvalue weighted by molar-refractivity contribution is 0.613. The van der Waals surface area contributed by atoms with Crippen LogP contribution in [0.3, 0.4) is 0 Å². The van der Waals surface area contributed by atoms with Gasteiger partial charge in [-0.05, 0) is 49.9 Å². The first kappa shape index (κ1) is 13.1. The van der Waals surface area contributed by atoms with Crippen molar-refractivity contribution in [2.45, 2.75) is 38.8 Å². The van der Waals surface area contributed by atoms with Gasteiger partial charge >= 0.3 is 0 Å². The van der Waals surface area contributed by atoms with Crippen LogP contribution >= 0.6 is 0 Å². The minimum absolute atomic E-state index is 0.0302. The predicted octanol–water partition coefficient (Wildman–Crippen LogP) is 3.57. The van der Waals surface area contributed by atoms with E-state index in [4.69, 9.17) is 5.73 Å². The molecule has 1 aromatic carbocycles. The minimum Gasteiger partial charge on any atom is -0.324 e. The van der Waals surface area contributed by atoms with Gasteiger partial charge in [-0.3, -0.25) is 0 Å². The van der Waals surface area contributed by atoms with Crippen molar-refractivity contribution in [3.8, 4) is 0 Å². The Kier molecular flexibility index (Phi) is 3.45. The molecule has 3 heteroatoms. The molecule has 2 N–H and O–H groups in total. The van der Waals surface area contributed by atoms with Crippen molar-refractivity contribution >= 4 is 11.5 Å². The van der Waals surface area contributed by atoms with Crippen molar-refractivity contribution in [1.82, 2.24) is 4.98 Å². The first-order valence-electron chi connectivity index (χ1n) is 7.25. The molecular weight excluding hydrogens is 246 g/mol. The Balaban J connectivity index is 2.00. The Hall–Kier alpha value is -1.87. The van der Waals surface area contributed by atoms with E-state index in [1.165, 1.54) is 11.3 Å². The van der Waals surface area contributed by atoms with Crippen molar-refractivity contribution in [3.63, 3.8) is 0 Å². The van der Waals surface area contributed by atoms with E-state index in [2.05, 4.69) is 53.2 Å². The topological polar surface area (TPSA) is 42.1 Å². The molecule has 0 radical (unpaired) electrons. The standard InChI is InChI=1S/C17H21N3/c1-12-7-8-14-5-3-4-6-16(14)20(12)17-10-9-15(11-19-17)13(2)18/h3-6,9-13H,7-8,18H2,1-2H3/t12?,13-/m1/s1. The lowest BCUT2D eigenvalue weighted by Gasteiger charge is -2.36. The van der Waals surface area contributed by atoms with E-state index in [1.54, 1.807) is 0 Å². The summed E-state index contributed by atoms with van der Waals surface area (Å²) in [6, 6.07) is 13.3. The molecule has 0 saturated carbocycles. The molecule has 3 rings (SSSR count). The highest BCUT2D eigenvalue weighted by Crippen LogP contribution is 2.35. The summed E-state index contributed by atoms with van der Waals surface area (Å²) in [4.78, 5) is 6.96. The van der Waals surface area contributed by atoms with E-state index in [0.29, 0.717) is 6.04 Å². The number of hydrogen-bond donors (Lipinski definition) is 1. The van der Waals surface area contributed by atoms with Crippen molar-refractivity contribution in [2.24, 2.45) is 5.73 Å². The highest BCUT2D eigenvalue weighted by molar-refractivity contribution is 5.66. The molecule has 1 aromatic heterocycles. The highest BCUT2D eigenvalue weighted by atomic mass is 15.2. The zero-order chi connectivity index (χ0) is 14.1. The summed E-state index contributed by atoms with van der Waals surface area (Å²) in [5.41, 5.74) is 9.66. The van der Waals surface area contributed by atoms with E-state index in [9.17, 15) is 0 Å². The summed E-state index contributed by atoms with van der Waals surface area (Å²) >= 11 is 0. The van der Waals surface area contributed by atoms with E-state index in [1.807, 2.05) is 13.1 Å². The maximum absolute atomic E-state index is 5.89. The summed E-state index contributed by atoms with van der Waals surface area (Å²) in [6.45, 7) is 4.24. The van der Waals surface area contributed by atoms with E-state index in [-0.39, 0.29) is 6.04 Å². The molecule has 2 atom stereocenters. The van der Waals surface area contributed by atoms with Crippen LogP contribution in [0.5, 0.6) is 0 Å². The molecule has 2 heterocycles. The van der Waals surface area contributed by atoms with Crippen LogP contribution in [0, 0.1) is 0 Å². The Bertz CT molecular complexity index is 589. The summed E-state index contributed by atoms with van der Waals surface area (Å²) in [7, 11) is 0. The summed E-state index contributed by atoms with van der Waals surface area (Å²) in [6.07, 6.45) is 4.20. The van der Waals surface area contributed by atoms with Crippen LogP contribution in [0.1, 0.15) is 37.4 Å². The van der Waals surface area contributed by atoms with E-state index >= 15 is 0 Å². The predicted molar refractivity (Wildman–Crippen MR) is 83.2 cm³/mol. The Morgan fingerprint density at radius 3 is 2.75 bits per heavy atom. The number of para-hydroxylation sites is 1. The van der Waals surface area contributed by atoms with Crippen LogP contribution in [0.15, 0.2) is 42.6 Å². The molecule has 3 nitrogen and oxygen atoms in total. The molecule has 0 fully saturated rings. The molecule has 1 unspecified atom stereocenters. The maximum atomic E-state index is 5.89. The van der Waals surface area contributed by atoms with Crippen LogP contribution in [-0.2, 0) is 6.42 Å². The number of anilines is 2. The smallest absolute Gasteiger partial charge is 0.133 e. The van der Waals surface area contributed by atoms with Gasteiger partial charge in [0.1, 0.15) is 5.82 Å². The zero-order valence-electron chi connectivity index (χ0n) is 12.1.